The van der Waals surface area contributed by atoms with Crippen LogP contribution in [-0.2, 0) is 9.53 Å². The Bertz CT molecular complexity index is 378. The van der Waals surface area contributed by atoms with E-state index in [1.54, 1.807) is 16.8 Å². The first kappa shape index (κ1) is 17.8. The van der Waals surface area contributed by atoms with Gasteiger partial charge in [-0.1, -0.05) is 27.7 Å². The van der Waals surface area contributed by atoms with Gasteiger partial charge in [0.15, 0.2) is 0 Å². The molecule has 1 fully saturated rings. The third kappa shape index (κ3) is 4.88. The molecule has 0 radical (unpaired) electrons. The Morgan fingerprint density at radius 1 is 1.29 bits per heavy atom. The zero-order valence-electron chi connectivity index (χ0n) is 13.8. The summed E-state index contributed by atoms with van der Waals surface area (Å²) in [7, 11) is 1.77. The smallest absolute Gasteiger partial charge is 0.320 e. The maximum absolute atomic E-state index is 12.7. The standard InChI is InChI=1S/C15H28N2O4/c1-6-7-17(12-9-21-8-11(12)13(18)19)14(20)16(5)10-15(2,3)4/h11-12H,6-10H2,1-5H3,(H,18,19). The number of carbonyl (C=O) groups excluding carboxylic acids is 1. The minimum absolute atomic E-state index is 0.000665. The van der Waals surface area contributed by atoms with Gasteiger partial charge in [-0.2, -0.15) is 0 Å². The topological polar surface area (TPSA) is 70.1 Å². The molecule has 1 aliphatic rings. The SMILES string of the molecule is CCCN(C(=O)N(C)CC(C)(C)C)C1COCC1C(=O)O. The zero-order valence-corrected chi connectivity index (χ0v) is 13.8. The van der Waals surface area contributed by atoms with E-state index in [9.17, 15) is 14.7 Å². The predicted octanol–water partition coefficient (Wildman–Crippen LogP) is 1.90. The highest BCUT2D eigenvalue weighted by Crippen LogP contribution is 2.23. The molecule has 1 aliphatic heterocycles. The van der Waals surface area contributed by atoms with Crippen molar-refractivity contribution in [2.45, 2.75) is 40.2 Å². The number of ether oxygens (including phenoxy) is 1. The van der Waals surface area contributed by atoms with E-state index in [4.69, 9.17) is 4.74 Å². The number of nitrogens with zero attached hydrogens (tertiary/aromatic N) is 2. The number of aliphatic carboxylic acids is 1. The second-order valence-electron chi connectivity index (χ2n) is 6.94. The van der Waals surface area contributed by atoms with Crippen LogP contribution in [0.15, 0.2) is 0 Å². The molecule has 1 rings (SSSR count). The number of hydrogen-bond acceptors (Lipinski definition) is 3. The summed E-state index contributed by atoms with van der Waals surface area (Å²) in [6.07, 6.45) is 0.790. The minimum Gasteiger partial charge on any atom is -0.481 e. The predicted molar refractivity (Wildman–Crippen MR) is 80.2 cm³/mol. The molecule has 0 aromatic rings. The summed E-state index contributed by atoms with van der Waals surface area (Å²) >= 11 is 0. The lowest BCUT2D eigenvalue weighted by atomic mass is 9.96. The summed E-state index contributed by atoms with van der Waals surface area (Å²) < 4.78 is 5.30. The Morgan fingerprint density at radius 2 is 1.90 bits per heavy atom. The fraction of sp³-hybridized carbons (Fsp3) is 0.867. The molecular weight excluding hydrogens is 272 g/mol. The first-order chi connectivity index (χ1) is 9.67. The van der Waals surface area contributed by atoms with Gasteiger partial charge in [0.05, 0.1) is 19.3 Å². The Hall–Kier alpha value is -1.30. The Morgan fingerprint density at radius 3 is 2.38 bits per heavy atom. The summed E-state index contributed by atoms with van der Waals surface area (Å²) in [5.74, 6) is -1.53. The van der Waals surface area contributed by atoms with Gasteiger partial charge in [-0.05, 0) is 11.8 Å². The molecule has 2 unspecified atom stereocenters. The molecule has 2 atom stereocenters. The summed E-state index contributed by atoms with van der Waals surface area (Å²) in [6.45, 7) is 9.83. The minimum atomic E-state index is -0.898. The molecule has 122 valence electrons. The quantitative estimate of drug-likeness (QED) is 0.842. The van der Waals surface area contributed by atoms with Gasteiger partial charge in [0.1, 0.15) is 5.92 Å². The van der Waals surface area contributed by atoms with Crippen LogP contribution in [0.2, 0.25) is 0 Å². The first-order valence-electron chi connectivity index (χ1n) is 7.49. The van der Waals surface area contributed by atoms with Crippen molar-refractivity contribution in [3.8, 4) is 0 Å². The van der Waals surface area contributed by atoms with Crippen LogP contribution in [0.1, 0.15) is 34.1 Å². The number of rotatable bonds is 5. The van der Waals surface area contributed by atoms with Crippen molar-refractivity contribution >= 4 is 12.0 Å². The van der Waals surface area contributed by atoms with Crippen LogP contribution in [0.3, 0.4) is 0 Å². The van der Waals surface area contributed by atoms with Gasteiger partial charge in [-0.15, -0.1) is 0 Å². The number of amides is 2. The number of urea groups is 1. The molecule has 21 heavy (non-hydrogen) atoms. The van der Waals surface area contributed by atoms with Gasteiger partial charge < -0.3 is 19.6 Å². The van der Waals surface area contributed by atoms with Gasteiger partial charge in [0, 0.05) is 20.1 Å². The summed E-state index contributed by atoms with van der Waals surface area (Å²) in [4.78, 5) is 27.3. The van der Waals surface area contributed by atoms with Crippen molar-refractivity contribution in [2.24, 2.45) is 11.3 Å². The van der Waals surface area contributed by atoms with E-state index in [-0.39, 0.29) is 24.1 Å². The molecule has 2 amide bonds. The van der Waals surface area contributed by atoms with E-state index in [2.05, 4.69) is 20.8 Å². The number of carbonyl (C=O) groups is 2. The second kappa shape index (κ2) is 7.11. The number of hydrogen-bond donors (Lipinski definition) is 1. The molecule has 1 saturated heterocycles. The highest BCUT2D eigenvalue weighted by Gasteiger charge is 2.40. The van der Waals surface area contributed by atoms with E-state index < -0.39 is 11.9 Å². The lowest BCUT2D eigenvalue weighted by molar-refractivity contribution is -0.142. The van der Waals surface area contributed by atoms with E-state index in [1.807, 2.05) is 6.92 Å². The molecule has 0 saturated carbocycles. The maximum Gasteiger partial charge on any atom is 0.320 e. The van der Waals surface area contributed by atoms with Crippen LogP contribution in [0, 0.1) is 11.3 Å². The van der Waals surface area contributed by atoms with Crippen LogP contribution in [-0.4, -0.2) is 66.3 Å². The van der Waals surface area contributed by atoms with E-state index in [1.165, 1.54) is 0 Å². The van der Waals surface area contributed by atoms with Crippen molar-refractivity contribution in [2.75, 3.05) is 33.4 Å². The third-order valence-corrected chi connectivity index (χ3v) is 3.52. The molecule has 1 heterocycles. The van der Waals surface area contributed by atoms with Gasteiger partial charge in [-0.25, -0.2) is 4.79 Å². The molecule has 6 heteroatoms. The molecule has 1 N–H and O–H groups in total. The molecule has 0 aliphatic carbocycles. The Balaban J connectivity index is 2.85. The van der Waals surface area contributed by atoms with E-state index >= 15 is 0 Å². The van der Waals surface area contributed by atoms with Gasteiger partial charge in [0.2, 0.25) is 0 Å². The fourth-order valence-corrected chi connectivity index (χ4v) is 2.73. The first-order valence-corrected chi connectivity index (χ1v) is 7.49. The molecule has 0 aromatic heterocycles. The number of carboxylic acids is 1. The molecule has 6 nitrogen and oxygen atoms in total. The fourth-order valence-electron chi connectivity index (χ4n) is 2.73. The van der Waals surface area contributed by atoms with Crippen LogP contribution in [0.4, 0.5) is 4.79 Å². The molecule has 0 bridgehead atoms. The normalized spacial score (nSPS) is 22.1. The lowest BCUT2D eigenvalue weighted by Crippen LogP contribution is -2.52. The zero-order chi connectivity index (χ0) is 16.2. The highest BCUT2D eigenvalue weighted by atomic mass is 16.5. The Labute approximate surface area is 127 Å². The van der Waals surface area contributed by atoms with Crippen LogP contribution in [0.5, 0.6) is 0 Å². The maximum atomic E-state index is 12.7. The molecule has 0 aromatic carbocycles. The average Bonchev–Trinajstić information content (AvgIpc) is 2.82. The average molecular weight is 300 g/mol. The van der Waals surface area contributed by atoms with Gasteiger partial charge in [0.25, 0.3) is 0 Å². The number of carboxylic acid groups (broad SMARTS) is 1. The van der Waals surface area contributed by atoms with Gasteiger partial charge in [-0.3, -0.25) is 4.79 Å². The summed E-state index contributed by atoms with van der Waals surface area (Å²) in [6, 6.07) is -0.495. The third-order valence-electron chi connectivity index (χ3n) is 3.52. The van der Waals surface area contributed by atoms with E-state index in [0.717, 1.165) is 6.42 Å². The van der Waals surface area contributed by atoms with Crippen LogP contribution >= 0.6 is 0 Å². The molecular formula is C15H28N2O4. The van der Waals surface area contributed by atoms with Gasteiger partial charge >= 0.3 is 12.0 Å². The van der Waals surface area contributed by atoms with E-state index in [0.29, 0.717) is 19.7 Å². The summed E-state index contributed by atoms with van der Waals surface area (Å²) in [5.41, 5.74) is 0.000665. The largest absolute Gasteiger partial charge is 0.481 e. The van der Waals surface area contributed by atoms with Crippen LogP contribution < -0.4 is 0 Å². The Kier molecular flexibility index (Phi) is 6.01. The van der Waals surface area contributed by atoms with Crippen LogP contribution in [0.25, 0.3) is 0 Å². The lowest BCUT2D eigenvalue weighted by Gasteiger charge is -2.36. The van der Waals surface area contributed by atoms with Crippen molar-refractivity contribution in [3.63, 3.8) is 0 Å². The molecule has 0 spiro atoms. The van der Waals surface area contributed by atoms with Crippen molar-refractivity contribution in [3.05, 3.63) is 0 Å². The van der Waals surface area contributed by atoms with Crippen molar-refractivity contribution in [1.82, 2.24) is 9.80 Å². The highest BCUT2D eigenvalue weighted by molar-refractivity contribution is 5.77. The monoisotopic (exact) mass is 300 g/mol. The summed E-state index contributed by atoms with van der Waals surface area (Å²) in [5, 5.41) is 9.28. The van der Waals surface area contributed by atoms with Crippen molar-refractivity contribution in [1.29, 1.82) is 0 Å². The van der Waals surface area contributed by atoms with Crippen molar-refractivity contribution < 1.29 is 19.4 Å². The second-order valence-corrected chi connectivity index (χ2v) is 6.94.